The van der Waals surface area contributed by atoms with Crippen molar-refractivity contribution in [3.63, 3.8) is 0 Å². The highest BCUT2D eigenvalue weighted by atomic mass is 19.1. The Bertz CT molecular complexity index is 761. The molecule has 0 unspecified atom stereocenters. The minimum atomic E-state index is -1.33. The smallest absolute Gasteiger partial charge is 0.329 e. The molecule has 2 aliphatic rings. The van der Waals surface area contributed by atoms with Gasteiger partial charge < -0.3 is 24.8 Å². The van der Waals surface area contributed by atoms with Crippen LogP contribution in [0.1, 0.15) is 50.0 Å². The average molecular weight is 423 g/mol. The zero-order valence-electron chi connectivity index (χ0n) is 17.5. The van der Waals surface area contributed by atoms with Gasteiger partial charge in [-0.25, -0.2) is 14.2 Å². The van der Waals surface area contributed by atoms with E-state index in [4.69, 9.17) is 9.47 Å². The largest absolute Gasteiger partial charge is 0.480 e. The number of carboxylic acids is 1. The van der Waals surface area contributed by atoms with E-state index in [1.807, 2.05) is 4.90 Å². The van der Waals surface area contributed by atoms with Gasteiger partial charge in [-0.15, -0.1) is 0 Å². The summed E-state index contributed by atoms with van der Waals surface area (Å²) in [5.41, 5.74) is -0.462. The highest BCUT2D eigenvalue weighted by molar-refractivity contribution is 5.96. The number of aromatic nitrogens is 1. The summed E-state index contributed by atoms with van der Waals surface area (Å²) in [7, 11) is 0. The molecule has 2 fully saturated rings. The van der Waals surface area contributed by atoms with Crippen molar-refractivity contribution in [1.29, 1.82) is 0 Å². The number of hydrogen-bond donors (Lipinski definition) is 2. The zero-order valence-corrected chi connectivity index (χ0v) is 17.5. The Hall–Kier alpha value is -2.42. The van der Waals surface area contributed by atoms with Crippen LogP contribution in [0.4, 0.5) is 10.1 Å². The van der Waals surface area contributed by atoms with E-state index in [2.05, 4.69) is 10.3 Å². The molecule has 30 heavy (non-hydrogen) atoms. The van der Waals surface area contributed by atoms with Crippen LogP contribution in [-0.2, 0) is 9.53 Å². The predicted molar refractivity (Wildman–Crippen MR) is 109 cm³/mol. The number of ether oxygens (including phenoxy) is 2. The summed E-state index contributed by atoms with van der Waals surface area (Å²) in [5.74, 6) is -0.749. The van der Waals surface area contributed by atoms with Crippen LogP contribution >= 0.6 is 0 Å². The minimum absolute atomic E-state index is 0.0368. The third-order valence-corrected chi connectivity index (χ3v) is 5.81. The van der Waals surface area contributed by atoms with Gasteiger partial charge in [0.25, 0.3) is 5.91 Å². The molecule has 0 spiro atoms. The topological polar surface area (TPSA) is 101 Å². The standard InChI is InChI=1S/C21H30FN3O5/c1-3-21(4-2,20(27)28)24-18(26)16-7-8-17(19(23-16)30-13-14-5-6-14)25-11-15(12-25)29-10-9-22/h7-8,14-15H,3-6,9-13H2,1-2H3,(H,24,26)(H,27,28). The number of anilines is 1. The second kappa shape index (κ2) is 9.59. The van der Waals surface area contributed by atoms with E-state index in [-0.39, 0.29) is 31.2 Å². The number of carbonyl (C=O) groups excluding carboxylic acids is 1. The summed E-state index contributed by atoms with van der Waals surface area (Å²) < 4.78 is 23.6. The highest BCUT2D eigenvalue weighted by Crippen LogP contribution is 2.34. The fourth-order valence-corrected chi connectivity index (χ4v) is 3.40. The number of rotatable bonds is 12. The lowest BCUT2D eigenvalue weighted by atomic mass is 9.92. The van der Waals surface area contributed by atoms with Crippen molar-refractivity contribution >= 4 is 17.6 Å². The van der Waals surface area contributed by atoms with E-state index in [1.165, 1.54) is 0 Å². The summed E-state index contributed by atoms with van der Waals surface area (Å²) in [5, 5.41) is 12.2. The Balaban J connectivity index is 1.75. The lowest BCUT2D eigenvalue weighted by molar-refractivity contribution is -0.144. The molecule has 3 rings (SSSR count). The number of amides is 1. The van der Waals surface area contributed by atoms with Gasteiger partial charge in [0, 0.05) is 13.1 Å². The molecule has 2 heterocycles. The number of carboxylic acid groups (broad SMARTS) is 1. The van der Waals surface area contributed by atoms with Crippen LogP contribution in [-0.4, -0.2) is 66.6 Å². The second-order valence-electron chi connectivity index (χ2n) is 7.91. The van der Waals surface area contributed by atoms with Gasteiger partial charge in [-0.3, -0.25) is 4.79 Å². The van der Waals surface area contributed by atoms with E-state index in [0.717, 1.165) is 18.5 Å². The monoisotopic (exact) mass is 423 g/mol. The fourth-order valence-electron chi connectivity index (χ4n) is 3.40. The average Bonchev–Trinajstić information content (AvgIpc) is 3.54. The van der Waals surface area contributed by atoms with E-state index in [9.17, 15) is 19.1 Å². The van der Waals surface area contributed by atoms with Gasteiger partial charge in [-0.1, -0.05) is 13.8 Å². The molecule has 1 aromatic heterocycles. The minimum Gasteiger partial charge on any atom is -0.480 e. The lowest BCUT2D eigenvalue weighted by Gasteiger charge is -2.40. The third-order valence-electron chi connectivity index (χ3n) is 5.81. The molecule has 8 nitrogen and oxygen atoms in total. The fraction of sp³-hybridized carbons (Fsp3) is 0.667. The molecule has 0 radical (unpaired) electrons. The summed E-state index contributed by atoms with van der Waals surface area (Å²) in [6.45, 7) is 4.76. The number of nitrogens with one attached hydrogen (secondary N) is 1. The van der Waals surface area contributed by atoms with Crippen LogP contribution in [0.15, 0.2) is 12.1 Å². The van der Waals surface area contributed by atoms with E-state index in [1.54, 1.807) is 26.0 Å². The lowest BCUT2D eigenvalue weighted by Crippen LogP contribution is -2.54. The predicted octanol–water partition coefficient (Wildman–Crippen LogP) is 2.42. The van der Waals surface area contributed by atoms with E-state index < -0.39 is 24.1 Å². The van der Waals surface area contributed by atoms with Crippen LogP contribution in [0.3, 0.4) is 0 Å². The van der Waals surface area contributed by atoms with Crippen molar-refractivity contribution in [2.45, 2.75) is 51.2 Å². The molecule has 0 aromatic carbocycles. The summed E-state index contributed by atoms with van der Waals surface area (Å²) >= 11 is 0. The van der Waals surface area contributed by atoms with Crippen molar-refractivity contribution in [3.05, 3.63) is 17.8 Å². The van der Waals surface area contributed by atoms with E-state index >= 15 is 0 Å². The molecular weight excluding hydrogens is 393 g/mol. The van der Waals surface area contributed by atoms with Crippen LogP contribution in [0.2, 0.25) is 0 Å². The number of pyridine rings is 1. The van der Waals surface area contributed by atoms with Crippen molar-refractivity contribution in [1.82, 2.24) is 10.3 Å². The van der Waals surface area contributed by atoms with Gasteiger partial charge in [-0.2, -0.15) is 0 Å². The number of carbonyl (C=O) groups is 2. The van der Waals surface area contributed by atoms with Crippen molar-refractivity contribution in [2.24, 2.45) is 5.92 Å². The quantitative estimate of drug-likeness (QED) is 0.532. The third kappa shape index (κ3) is 5.00. The number of halogens is 1. The molecule has 1 aliphatic carbocycles. The van der Waals surface area contributed by atoms with Crippen LogP contribution in [0, 0.1) is 5.92 Å². The Morgan fingerprint density at radius 3 is 2.57 bits per heavy atom. The molecule has 166 valence electrons. The number of aliphatic carboxylic acids is 1. The first kappa shape index (κ1) is 22.3. The molecule has 1 saturated heterocycles. The normalized spacial score (nSPS) is 16.8. The Kier molecular flexibility index (Phi) is 7.12. The summed E-state index contributed by atoms with van der Waals surface area (Å²) in [4.78, 5) is 30.9. The summed E-state index contributed by atoms with van der Waals surface area (Å²) in [6.07, 6.45) is 2.73. The van der Waals surface area contributed by atoms with Crippen LogP contribution < -0.4 is 15.0 Å². The molecule has 1 aromatic rings. The van der Waals surface area contributed by atoms with Gasteiger partial charge in [-0.05, 0) is 43.7 Å². The van der Waals surface area contributed by atoms with Crippen molar-refractivity contribution in [3.8, 4) is 5.88 Å². The second-order valence-corrected chi connectivity index (χ2v) is 7.91. The molecule has 0 atom stereocenters. The molecule has 9 heteroatoms. The molecule has 1 amide bonds. The Morgan fingerprint density at radius 2 is 2.00 bits per heavy atom. The Labute approximate surface area is 175 Å². The first-order valence-electron chi connectivity index (χ1n) is 10.5. The molecule has 2 N–H and O–H groups in total. The van der Waals surface area contributed by atoms with Crippen LogP contribution in [0.25, 0.3) is 0 Å². The van der Waals surface area contributed by atoms with Gasteiger partial charge >= 0.3 is 5.97 Å². The summed E-state index contributed by atoms with van der Waals surface area (Å²) in [6, 6.07) is 3.33. The molecule has 0 bridgehead atoms. The maximum atomic E-state index is 12.8. The molecule has 1 saturated carbocycles. The maximum absolute atomic E-state index is 12.8. The van der Waals surface area contributed by atoms with Gasteiger partial charge in [0.1, 0.15) is 23.6 Å². The first-order chi connectivity index (χ1) is 14.4. The van der Waals surface area contributed by atoms with Gasteiger partial charge in [0.15, 0.2) is 0 Å². The number of alkyl halides is 1. The van der Waals surface area contributed by atoms with Crippen molar-refractivity contribution in [2.75, 3.05) is 37.9 Å². The van der Waals surface area contributed by atoms with Gasteiger partial charge in [0.2, 0.25) is 5.88 Å². The zero-order chi connectivity index (χ0) is 21.7. The highest BCUT2D eigenvalue weighted by Gasteiger charge is 2.37. The maximum Gasteiger partial charge on any atom is 0.329 e. The SMILES string of the molecule is CCC(CC)(NC(=O)c1ccc(N2CC(OCCF)C2)c(OCC2CC2)n1)C(=O)O. The van der Waals surface area contributed by atoms with Crippen molar-refractivity contribution < 1.29 is 28.6 Å². The van der Waals surface area contributed by atoms with Crippen LogP contribution in [0.5, 0.6) is 5.88 Å². The molecule has 1 aliphatic heterocycles. The first-order valence-corrected chi connectivity index (χ1v) is 10.5. The molecular formula is C21H30FN3O5. The van der Waals surface area contributed by atoms with Gasteiger partial charge in [0.05, 0.1) is 19.3 Å². The number of hydrogen-bond acceptors (Lipinski definition) is 6. The number of nitrogens with zero attached hydrogens (tertiary/aromatic N) is 2. The van der Waals surface area contributed by atoms with E-state index in [0.29, 0.717) is 31.5 Å². The Morgan fingerprint density at radius 1 is 1.30 bits per heavy atom.